The highest BCUT2D eigenvalue weighted by Gasteiger charge is 2.06. The van der Waals surface area contributed by atoms with Gasteiger partial charge in [-0.15, -0.1) is 0 Å². The van der Waals surface area contributed by atoms with Gasteiger partial charge < -0.3 is 9.84 Å². The van der Waals surface area contributed by atoms with Crippen molar-refractivity contribution in [2.75, 3.05) is 6.61 Å². The molecule has 0 spiro atoms. The Hall–Kier alpha value is -2.05. The molecular weight excluding hydrogens is 396 g/mol. The van der Waals surface area contributed by atoms with Gasteiger partial charge in [-0.25, -0.2) is 5.43 Å². The minimum atomic E-state index is -0.412. The minimum absolute atomic E-state index is 0.0104. The van der Waals surface area contributed by atoms with E-state index in [9.17, 15) is 9.90 Å². The fourth-order valence-electron chi connectivity index (χ4n) is 1.84. The standard InChI is InChI=1S/C17H16BrClN2O3/c1-10-3-4-14(5-11(10)2)24-9-16(22)21-20-8-12-6-13(19)7-15(18)17(12)23/h3-8,23H,9H2,1-2H3,(H,21,22). The van der Waals surface area contributed by atoms with Crippen molar-refractivity contribution in [1.29, 1.82) is 0 Å². The smallest absolute Gasteiger partial charge is 0.277 e. The normalized spacial score (nSPS) is 10.8. The number of nitrogens with one attached hydrogen (secondary N) is 1. The average molecular weight is 412 g/mol. The van der Waals surface area contributed by atoms with Crippen molar-refractivity contribution >= 4 is 39.7 Å². The summed E-state index contributed by atoms with van der Waals surface area (Å²) in [4.78, 5) is 11.7. The molecule has 0 aliphatic rings. The number of benzene rings is 2. The Morgan fingerprint density at radius 3 is 2.79 bits per heavy atom. The number of aromatic hydroxyl groups is 1. The van der Waals surface area contributed by atoms with Gasteiger partial charge in [-0.3, -0.25) is 4.79 Å². The maximum atomic E-state index is 11.7. The summed E-state index contributed by atoms with van der Waals surface area (Å²) >= 11 is 9.07. The first-order valence-electron chi connectivity index (χ1n) is 7.07. The summed E-state index contributed by atoms with van der Waals surface area (Å²) in [6.07, 6.45) is 1.31. The van der Waals surface area contributed by atoms with E-state index in [1.807, 2.05) is 26.0 Å². The second-order valence-corrected chi connectivity index (χ2v) is 6.44. The van der Waals surface area contributed by atoms with Crippen LogP contribution < -0.4 is 10.2 Å². The fraction of sp³-hybridized carbons (Fsp3) is 0.176. The van der Waals surface area contributed by atoms with Crippen molar-refractivity contribution in [2.45, 2.75) is 13.8 Å². The zero-order chi connectivity index (χ0) is 17.7. The molecular formula is C17H16BrClN2O3. The van der Waals surface area contributed by atoms with E-state index in [2.05, 4.69) is 26.5 Å². The Morgan fingerprint density at radius 1 is 1.33 bits per heavy atom. The molecule has 7 heteroatoms. The van der Waals surface area contributed by atoms with E-state index >= 15 is 0 Å². The molecule has 0 aliphatic carbocycles. The van der Waals surface area contributed by atoms with Crippen LogP contribution in [0.5, 0.6) is 11.5 Å². The van der Waals surface area contributed by atoms with Crippen LogP contribution in [-0.2, 0) is 4.79 Å². The van der Waals surface area contributed by atoms with Crippen LogP contribution in [0.25, 0.3) is 0 Å². The van der Waals surface area contributed by atoms with Crippen LogP contribution in [0.2, 0.25) is 5.02 Å². The minimum Gasteiger partial charge on any atom is -0.506 e. The number of carbonyl (C=O) groups excluding carboxylic acids is 1. The second-order valence-electron chi connectivity index (χ2n) is 5.15. The molecule has 0 heterocycles. The number of nitrogens with zero attached hydrogens (tertiary/aromatic N) is 1. The summed E-state index contributed by atoms with van der Waals surface area (Å²) in [7, 11) is 0. The van der Waals surface area contributed by atoms with E-state index in [4.69, 9.17) is 16.3 Å². The first-order valence-corrected chi connectivity index (χ1v) is 8.24. The third kappa shape index (κ3) is 4.97. The predicted octanol–water partition coefficient (Wildman–Crippen LogP) is 3.95. The number of phenols is 1. The van der Waals surface area contributed by atoms with E-state index in [-0.39, 0.29) is 12.4 Å². The van der Waals surface area contributed by atoms with E-state index < -0.39 is 5.91 Å². The Morgan fingerprint density at radius 2 is 2.08 bits per heavy atom. The first-order chi connectivity index (χ1) is 11.4. The van der Waals surface area contributed by atoms with Crippen molar-refractivity contribution in [1.82, 2.24) is 5.43 Å². The summed E-state index contributed by atoms with van der Waals surface area (Å²) < 4.78 is 5.85. The molecule has 0 aliphatic heterocycles. The van der Waals surface area contributed by atoms with Crippen LogP contribution in [0, 0.1) is 13.8 Å². The maximum absolute atomic E-state index is 11.7. The van der Waals surface area contributed by atoms with Crippen LogP contribution in [0.15, 0.2) is 39.9 Å². The van der Waals surface area contributed by atoms with E-state index in [1.54, 1.807) is 12.1 Å². The highest BCUT2D eigenvalue weighted by molar-refractivity contribution is 9.10. The SMILES string of the molecule is Cc1ccc(OCC(=O)NN=Cc2cc(Cl)cc(Br)c2O)cc1C. The largest absolute Gasteiger partial charge is 0.506 e. The van der Waals surface area contributed by atoms with Crippen molar-refractivity contribution in [2.24, 2.45) is 5.10 Å². The molecule has 0 saturated carbocycles. The molecule has 2 aromatic rings. The lowest BCUT2D eigenvalue weighted by Gasteiger charge is -2.07. The van der Waals surface area contributed by atoms with Crippen molar-refractivity contribution in [3.63, 3.8) is 0 Å². The predicted molar refractivity (Wildman–Crippen MR) is 98.0 cm³/mol. The molecule has 1 amide bonds. The molecule has 0 fully saturated rings. The van der Waals surface area contributed by atoms with Gasteiger partial charge in [0.15, 0.2) is 6.61 Å². The van der Waals surface area contributed by atoms with Gasteiger partial charge in [0.1, 0.15) is 11.5 Å². The zero-order valence-electron chi connectivity index (χ0n) is 13.1. The van der Waals surface area contributed by atoms with Crippen molar-refractivity contribution < 1.29 is 14.6 Å². The number of phenolic OH excluding ortho intramolecular Hbond substituents is 1. The van der Waals surface area contributed by atoms with Gasteiger partial charge in [0.2, 0.25) is 0 Å². The number of aryl methyl sites for hydroxylation is 2. The molecule has 0 unspecified atom stereocenters. The number of hydrazone groups is 1. The number of amides is 1. The molecule has 0 saturated heterocycles. The van der Waals surface area contributed by atoms with Crippen molar-refractivity contribution in [3.8, 4) is 11.5 Å². The van der Waals surface area contributed by atoms with Crippen LogP contribution in [-0.4, -0.2) is 23.8 Å². The highest BCUT2D eigenvalue weighted by atomic mass is 79.9. The third-order valence-electron chi connectivity index (χ3n) is 3.30. The molecule has 0 bridgehead atoms. The molecule has 24 heavy (non-hydrogen) atoms. The lowest BCUT2D eigenvalue weighted by molar-refractivity contribution is -0.123. The molecule has 2 N–H and O–H groups in total. The number of carbonyl (C=O) groups is 1. The molecule has 0 radical (unpaired) electrons. The molecule has 2 aromatic carbocycles. The Labute approximate surface area is 153 Å². The first kappa shape index (κ1) is 18.3. The second kappa shape index (κ2) is 8.17. The maximum Gasteiger partial charge on any atom is 0.277 e. The summed E-state index contributed by atoms with van der Waals surface area (Å²) in [6.45, 7) is 3.82. The quantitative estimate of drug-likeness (QED) is 0.578. The lowest BCUT2D eigenvalue weighted by Crippen LogP contribution is -2.24. The number of hydrogen-bond acceptors (Lipinski definition) is 4. The number of ether oxygens (including phenoxy) is 1. The summed E-state index contributed by atoms with van der Waals surface area (Å²) in [6, 6.07) is 8.70. The Bertz CT molecular complexity index is 794. The number of rotatable bonds is 5. The summed E-state index contributed by atoms with van der Waals surface area (Å²) in [5, 5.41) is 14.1. The fourth-order valence-corrected chi connectivity index (χ4v) is 2.68. The molecule has 5 nitrogen and oxygen atoms in total. The summed E-state index contributed by atoms with van der Waals surface area (Å²) in [5.41, 5.74) is 4.96. The Kier molecular flexibility index (Phi) is 6.23. The van der Waals surface area contributed by atoms with Gasteiger partial charge in [-0.05, 0) is 65.2 Å². The number of hydrogen-bond donors (Lipinski definition) is 2. The summed E-state index contributed by atoms with van der Waals surface area (Å²) in [5.74, 6) is 0.197. The van der Waals surface area contributed by atoms with Gasteiger partial charge in [0, 0.05) is 10.6 Å². The van der Waals surface area contributed by atoms with Gasteiger partial charge in [0.25, 0.3) is 5.91 Å². The molecule has 2 rings (SSSR count). The highest BCUT2D eigenvalue weighted by Crippen LogP contribution is 2.30. The van der Waals surface area contributed by atoms with E-state index in [0.29, 0.717) is 20.8 Å². The van der Waals surface area contributed by atoms with Crippen LogP contribution in [0.4, 0.5) is 0 Å². The van der Waals surface area contributed by atoms with Crippen LogP contribution in [0.1, 0.15) is 16.7 Å². The number of halogens is 2. The van der Waals surface area contributed by atoms with Gasteiger partial charge in [-0.1, -0.05) is 17.7 Å². The topological polar surface area (TPSA) is 70.9 Å². The molecule has 126 valence electrons. The lowest BCUT2D eigenvalue weighted by atomic mass is 10.1. The average Bonchev–Trinajstić information content (AvgIpc) is 2.53. The van der Waals surface area contributed by atoms with E-state index in [0.717, 1.165) is 11.1 Å². The van der Waals surface area contributed by atoms with Gasteiger partial charge >= 0.3 is 0 Å². The van der Waals surface area contributed by atoms with Crippen LogP contribution in [0.3, 0.4) is 0 Å². The monoisotopic (exact) mass is 410 g/mol. The van der Waals surface area contributed by atoms with Gasteiger partial charge in [-0.2, -0.15) is 5.10 Å². The van der Waals surface area contributed by atoms with E-state index in [1.165, 1.54) is 12.3 Å². The molecule has 0 aromatic heterocycles. The van der Waals surface area contributed by atoms with Crippen molar-refractivity contribution in [3.05, 3.63) is 56.5 Å². The molecule has 0 atom stereocenters. The van der Waals surface area contributed by atoms with Crippen LogP contribution >= 0.6 is 27.5 Å². The third-order valence-corrected chi connectivity index (χ3v) is 4.12. The zero-order valence-corrected chi connectivity index (χ0v) is 15.5. The Balaban J connectivity index is 1.90. The van der Waals surface area contributed by atoms with Gasteiger partial charge in [0.05, 0.1) is 10.7 Å².